The predicted octanol–water partition coefficient (Wildman–Crippen LogP) is 4.22. The standard InChI is InChI=1S/C28H30ClN3O5S/c1-36-23-9-11-24(12-10-23)38(34,35)32-19-27(37-26-13-8-22(29)16-25(26)32)28(33)30-17-20-4-6-21(7-5-20)18-31-14-2-3-15-31/h4-13,16,27H,2-3,14-15,17-19H2,1H3,(H,30,33)/t27-/m1/s1. The molecule has 0 aromatic heterocycles. The zero-order valence-electron chi connectivity index (χ0n) is 21.1. The third-order valence-electron chi connectivity index (χ3n) is 6.82. The van der Waals surface area contributed by atoms with E-state index in [4.69, 9.17) is 21.1 Å². The molecule has 2 aliphatic heterocycles. The summed E-state index contributed by atoms with van der Waals surface area (Å²) in [6, 6.07) is 19.0. The summed E-state index contributed by atoms with van der Waals surface area (Å²) in [5.74, 6) is 0.404. The maximum absolute atomic E-state index is 13.6. The number of likely N-dealkylation sites (tertiary alicyclic amines) is 1. The van der Waals surface area contributed by atoms with Gasteiger partial charge in [-0.05, 0) is 79.5 Å². The first-order valence-corrected chi connectivity index (χ1v) is 14.4. The molecule has 1 saturated heterocycles. The molecule has 0 radical (unpaired) electrons. The molecule has 3 aromatic carbocycles. The molecule has 8 nitrogen and oxygen atoms in total. The number of sulfonamides is 1. The third kappa shape index (κ3) is 5.75. The van der Waals surface area contributed by atoms with Crippen molar-refractivity contribution in [2.45, 2.75) is 36.9 Å². The van der Waals surface area contributed by atoms with Gasteiger partial charge < -0.3 is 14.8 Å². The number of hydrogen-bond acceptors (Lipinski definition) is 6. The van der Waals surface area contributed by atoms with E-state index in [0.29, 0.717) is 17.3 Å². The zero-order valence-corrected chi connectivity index (χ0v) is 22.7. The summed E-state index contributed by atoms with van der Waals surface area (Å²) in [6.07, 6.45) is 1.47. The van der Waals surface area contributed by atoms with Crippen LogP contribution in [0.25, 0.3) is 0 Å². The third-order valence-corrected chi connectivity index (χ3v) is 8.85. The van der Waals surface area contributed by atoms with Gasteiger partial charge in [-0.2, -0.15) is 0 Å². The molecule has 0 bridgehead atoms. The van der Waals surface area contributed by atoms with Crippen molar-refractivity contribution in [1.82, 2.24) is 10.2 Å². The van der Waals surface area contributed by atoms with Crippen LogP contribution in [-0.2, 0) is 27.9 Å². The Balaban J connectivity index is 1.30. The Hall–Kier alpha value is -3.27. The van der Waals surface area contributed by atoms with E-state index < -0.39 is 22.0 Å². The van der Waals surface area contributed by atoms with E-state index in [1.165, 1.54) is 48.0 Å². The number of benzene rings is 3. The minimum absolute atomic E-state index is 0.0688. The van der Waals surface area contributed by atoms with E-state index in [-0.39, 0.29) is 22.9 Å². The SMILES string of the molecule is COc1ccc(S(=O)(=O)N2C[C@H](C(=O)NCc3ccc(CN4CCCC4)cc3)Oc3ccc(Cl)cc32)cc1. The molecule has 2 aliphatic rings. The first kappa shape index (κ1) is 26.3. The Labute approximate surface area is 228 Å². The lowest BCUT2D eigenvalue weighted by molar-refractivity contribution is -0.127. The summed E-state index contributed by atoms with van der Waals surface area (Å²) < 4.78 is 39.5. The van der Waals surface area contributed by atoms with Gasteiger partial charge in [-0.3, -0.25) is 14.0 Å². The van der Waals surface area contributed by atoms with Crippen LogP contribution in [-0.4, -0.2) is 52.1 Å². The highest BCUT2D eigenvalue weighted by Crippen LogP contribution is 2.39. The number of ether oxygens (including phenoxy) is 2. The van der Waals surface area contributed by atoms with Crippen molar-refractivity contribution in [3.8, 4) is 11.5 Å². The van der Waals surface area contributed by atoms with Crippen LogP contribution in [0.5, 0.6) is 11.5 Å². The average Bonchev–Trinajstić information content (AvgIpc) is 3.45. The molecule has 10 heteroatoms. The summed E-state index contributed by atoms with van der Waals surface area (Å²) in [4.78, 5) is 15.6. The van der Waals surface area contributed by atoms with Crippen LogP contribution >= 0.6 is 11.6 Å². The Morgan fingerprint density at radius 1 is 1.03 bits per heavy atom. The Morgan fingerprint density at radius 2 is 1.71 bits per heavy atom. The molecular weight excluding hydrogens is 526 g/mol. The second-order valence-electron chi connectivity index (χ2n) is 9.45. The van der Waals surface area contributed by atoms with Gasteiger partial charge in [-0.15, -0.1) is 0 Å². The van der Waals surface area contributed by atoms with Gasteiger partial charge in [-0.25, -0.2) is 8.42 Å². The number of amides is 1. The maximum atomic E-state index is 13.6. The molecule has 1 amide bonds. The topological polar surface area (TPSA) is 88.2 Å². The Morgan fingerprint density at radius 3 is 2.39 bits per heavy atom. The molecule has 2 heterocycles. The van der Waals surface area contributed by atoms with E-state index in [2.05, 4.69) is 22.3 Å². The molecular formula is C28H30ClN3O5S. The van der Waals surface area contributed by atoms with Crippen LogP contribution < -0.4 is 19.1 Å². The molecule has 5 rings (SSSR count). The lowest BCUT2D eigenvalue weighted by Gasteiger charge is -2.35. The van der Waals surface area contributed by atoms with Crippen molar-refractivity contribution in [1.29, 1.82) is 0 Å². The van der Waals surface area contributed by atoms with Gasteiger partial charge in [0.2, 0.25) is 0 Å². The van der Waals surface area contributed by atoms with E-state index in [0.717, 1.165) is 25.2 Å². The molecule has 1 fully saturated rings. The zero-order chi connectivity index (χ0) is 26.7. The van der Waals surface area contributed by atoms with Gasteiger partial charge in [0.05, 0.1) is 24.2 Å². The summed E-state index contributed by atoms with van der Waals surface area (Å²) in [5.41, 5.74) is 2.48. The second kappa shape index (κ2) is 11.2. The fourth-order valence-corrected chi connectivity index (χ4v) is 6.36. The molecule has 38 heavy (non-hydrogen) atoms. The maximum Gasteiger partial charge on any atom is 0.264 e. The number of rotatable bonds is 8. The van der Waals surface area contributed by atoms with Gasteiger partial charge in [-0.1, -0.05) is 35.9 Å². The largest absolute Gasteiger partial charge is 0.497 e. The van der Waals surface area contributed by atoms with Crippen LogP contribution in [0.4, 0.5) is 5.69 Å². The molecule has 200 valence electrons. The smallest absolute Gasteiger partial charge is 0.264 e. The van der Waals surface area contributed by atoms with E-state index in [1.54, 1.807) is 24.3 Å². The number of anilines is 1. The number of carbonyl (C=O) groups is 1. The number of carbonyl (C=O) groups excluding carboxylic acids is 1. The predicted molar refractivity (Wildman–Crippen MR) is 146 cm³/mol. The monoisotopic (exact) mass is 555 g/mol. The molecule has 0 unspecified atom stereocenters. The van der Waals surface area contributed by atoms with Gasteiger partial charge >= 0.3 is 0 Å². The molecule has 0 saturated carbocycles. The van der Waals surface area contributed by atoms with E-state index >= 15 is 0 Å². The average molecular weight is 556 g/mol. The van der Waals surface area contributed by atoms with Gasteiger partial charge in [0.25, 0.3) is 15.9 Å². The minimum Gasteiger partial charge on any atom is -0.497 e. The molecule has 3 aromatic rings. The lowest BCUT2D eigenvalue weighted by Crippen LogP contribution is -2.50. The number of methoxy groups -OCH3 is 1. The molecule has 0 spiro atoms. The van der Waals surface area contributed by atoms with Gasteiger partial charge in [0, 0.05) is 18.1 Å². The number of nitrogens with one attached hydrogen (secondary N) is 1. The van der Waals surface area contributed by atoms with Crippen molar-refractivity contribution < 1.29 is 22.7 Å². The molecule has 1 atom stereocenters. The van der Waals surface area contributed by atoms with Gasteiger partial charge in [0.15, 0.2) is 6.10 Å². The summed E-state index contributed by atoms with van der Waals surface area (Å²) in [7, 11) is -2.50. The molecule has 0 aliphatic carbocycles. The summed E-state index contributed by atoms with van der Waals surface area (Å²) in [6.45, 7) is 3.33. The van der Waals surface area contributed by atoms with Crippen LogP contribution in [0, 0.1) is 0 Å². The fourth-order valence-electron chi connectivity index (χ4n) is 4.73. The van der Waals surface area contributed by atoms with Gasteiger partial charge in [0.1, 0.15) is 11.5 Å². The second-order valence-corrected chi connectivity index (χ2v) is 11.7. The highest BCUT2D eigenvalue weighted by molar-refractivity contribution is 7.92. The highest BCUT2D eigenvalue weighted by atomic mass is 35.5. The van der Waals surface area contributed by atoms with E-state index in [1.807, 2.05) is 12.1 Å². The first-order chi connectivity index (χ1) is 18.3. The van der Waals surface area contributed by atoms with Crippen molar-refractivity contribution in [3.63, 3.8) is 0 Å². The summed E-state index contributed by atoms with van der Waals surface area (Å²) >= 11 is 6.18. The Kier molecular flexibility index (Phi) is 7.78. The van der Waals surface area contributed by atoms with Crippen molar-refractivity contribution in [2.75, 3.05) is 31.0 Å². The fraction of sp³-hybridized carbons (Fsp3) is 0.321. The molecule has 1 N–H and O–H groups in total. The number of halogens is 1. The van der Waals surface area contributed by atoms with Crippen molar-refractivity contribution >= 4 is 33.2 Å². The van der Waals surface area contributed by atoms with Crippen LogP contribution in [0.1, 0.15) is 24.0 Å². The van der Waals surface area contributed by atoms with E-state index in [9.17, 15) is 13.2 Å². The minimum atomic E-state index is -4.01. The highest BCUT2D eigenvalue weighted by Gasteiger charge is 2.37. The number of fused-ring (bicyclic) bond motifs is 1. The quantitative estimate of drug-likeness (QED) is 0.448. The lowest BCUT2D eigenvalue weighted by atomic mass is 10.1. The van der Waals surface area contributed by atoms with Crippen LogP contribution in [0.3, 0.4) is 0 Å². The van der Waals surface area contributed by atoms with Crippen LogP contribution in [0.15, 0.2) is 71.6 Å². The number of hydrogen-bond donors (Lipinski definition) is 1. The number of nitrogens with zero attached hydrogens (tertiary/aromatic N) is 2. The normalized spacial score (nSPS) is 17.5. The van der Waals surface area contributed by atoms with Crippen molar-refractivity contribution in [3.05, 3.63) is 82.9 Å². The van der Waals surface area contributed by atoms with Crippen molar-refractivity contribution in [2.24, 2.45) is 0 Å². The first-order valence-electron chi connectivity index (χ1n) is 12.5. The Bertz CT molecular complexity index is 1390. The van der Waals surface area contributed by atoms with Crippen LogP contribution in [0.2, 0.25) is 5.02 Å². The summed E-state index contributed by atoms with van der Waals surface area (Å²) in [5, 5.41) is 3.25.